The number of aromatic nitrogens is 2. The van der Waals surface area contributed by atoms with Crippen molar-refractivity contribution in [1.82, 2.24) is 9.78 Å². The zero-order chi connectivity index (χ0) is 21.3. The molecule has 1 aromatic heterocycles. The van der Waals surface area contributed by atoms with Gasteiger partial charge in [-0.15, -0.1) is 0 Å². The number of aryl methyl sites for hydroxylation is 2. The fourth-order valence-electron chi connectivity index (χ4n) is 2.83. The number of carbonyl (C=O) groups is 1. The average Bonchev–Trinajstić information content (AvgIpc) is 3.01. The van der Waals surface area contributed by atoms with Gasteiger partial charge in [-0.3, -0.25) is 14.9 Å². The van der Waals surface area contributed by atoms with Crippen molar-refractivity contribution < 1.29 is 18.1 Å². The van der Waals surface area contributed by atoms with Gasteiger partial charge in [-0.2, -0.15) is 5.10 Å². The smallest absolute Gasteiger partial charge is 0.269 e. The van der Waals surface area contributed by atoms with Crippen LogP contribution in [-0.4, -0.2) is 35.3 Å². The van der Waals surface area contributed by atoms with Crippen LogP contribution in [0.5, 0.6) is 0 Å². The molecule has 150 valence electrons. The lowest BCUT2D eigenvalue weighted by Gasteiger charge is -2.10. The zero-order valence-electron chi connectivity index (χ0n) is 15.9. The molecule has 3 rings (SSSR count). The third-order valence-corrected chi connectivity index (χ3v) is 5.47. The maximum absolute atomic E-state index is 12.7. The van der Waals surface area contributed by atoms with Gasteiger partial charge in [0.25, 0.3) is 11.6 Å². The highest BCUT2D eigenvalue weighted by molar-refractivity contribution is 7.90. The molecule has 0 aliphatic rings. The van der Waals surface area contributed by atoms with E-state index < -0.39 is 20.7 Å². The molecule has 0 radical (unpaired) electrons. The molecule has 9 nitrogen and oxygen atoms in total. The van der Waals surface area contributed by atoms with Crippen LogP contribution in [0.15, 0.2) is 53.4 Å². The number of benzene rings is 2. The second-order valence-corrected chi connectivity index (χ2v) is 8.55. The summed E-state index contributed by atoms with van der Waals surface area (Å²) >= 11 is 0. The van der Waals surface area contributed by atoms with Crippen LogP contribution in [0.25, 0.3) is 5.69 Å². The van der Waals surface area contributed by atoms with Crippen LogP contribution in [0.4, 0.5) is 11.5 Å². The monoisotopic (exact) mass is 414 g/mol. The van der Waals surface area contributed by atoms with E-state index in [1.54, 1.807) is 32.0 Å². The minimum atomic E-state index is -3.47. The van der Waals surface area contributed by atoms with Crippen LogP contribution in [0, 0.1) is 24.0 Å². The Kier molecular flexibility index (Phi) is 5.21. The molecule has 0 saturated heterocycles. The molecular weight excluding hydrogens is 396 g/mol. The summed E-state index contributed by atoms with van der Waals surface area (Å²) in [5.41, 5.74) is 1.83. The van der Waals surface area contributed by atoms with Crippen LogP contribution in [0.1, 0.15) is 21.6 Å². The zero-order valence-corrected chi connectivity index (χ0v) is 16.7. The Labute approximate surface area is 167 Å². The van der Waals surface area contributed by atoms with Gasteiger partial charge in [-0.05, 0) is 43.7 Å². The fourth-order valence-corrected chi connectivity index (χ4v) is 3.82. The first-order valence-electron chi connectivity index (χ1n) is 8.50. The van der Waals surface area contributed by atoms with Crippen LogP contribution in [0.2, 0.25) is 0 Å². The van der Waals surface area contributed by atoms with E-state index in [4.69, 9.17) is 0 Å². The summed E-state index contributed by atoms with van der Waals surface area (Å²) in [6.07, 6.45) is 1.09. The van der Waals surface area contributed by atoms with E-state index in [9.17, 15) is 23.3 Å². The predicted molar refractivity (Wildman–Crippen MR) is 107 cm³/mol. The van der Waals surface area contributed by atoms with Crippen molar-refractivity contribution >= 4 is 27.2 Å². The van der Waals surface area contributed by atoms with Crippen molar-refractivity contribution in [2.45, 2.75) is 18.7 Å². The minimum absolute atomic E-state index is 0.0591. The number of anilines is 1. The summed E-state index contributed by atoms with van der Waals surface area (Å²) in [7, 11) is -3.47. The molecule has 29 heavy (non-hydrogen) atoms. The third-order valence-electron chi connectivity index (χ3n) is 4.23. The molecule has 2 aromatic carbocycles. The van der Waals surface area contributed by atoms with Crippen LogP contribution in [-0.2, 0) is 9.84 Å². The Morgan fingerprint density at radius 3 is 2.34 bits per heavy atom. The first-order chi connectivity index (χ1) is 13.6. The molecule has 0 aliphatic carbocycles. The average molecular weight is 414 g/mol. The van der Waals surface area contributed by atoms with E-state index in [2.05, 4.69) is 10.4 Å². The van der Waals surface area contributed by atoms with Gasteiger partial charge in [0.05, 0.1) is 21.2 Å². The van der Waals surface area contributed by atoms with Gasteiger partial charge in [0.15, 0.2) is 9.84 Å². The number of hydrogen-bond acceptors (Lipinski definition) is 6. The SMILES string of the molecule is Cc1cc(NC(=O)c2ccc(C)c(S(C)(=O)=O)c2)n(-c2ccc([N+](=O)[O-])cc2)n1. The van der Waals surface area contributed by atoms with Gasteiger partial charge < -0.3 is 5.32 Å². The first kappa shape index (κ1) is 20.2. The van der Waals surface area contributed by atoms with E-state index >= 15 is 0 Å². The maximum Gasteiger partial charge on any atom is 0.269 e. The Morgan fingerprint density at radius 2 is 1.76 bits per heavy atom. The van der Waals surface area contributed by atoms with Crippen molar-refractivity contribution in [3.63, 3.8) is 0 Å². The number of nitro groups is 1. The Balaban J connectivity index is 1.94. The quantitative estimate of drug-likeness (QED) is 0.505. The summed E-state index contributed by atoms with van der Waals surface area (Å²) < 4.78 is 25.3. The third kappa shape index (κ3) is 4.32. The van der Waals surface area contributed by atoms with Crippen LogP contribution in [0.3, 0.4) is 0 Å². The summed E-state index contributed by atoms with van der Waals surface area (Å²) in [4.78, 5) is 23.1. The molecule has 1 heterocycles. The highest BCUT2D eigenvalue weighted by atomic mass is 32.2. The summed E-state index contributed by atoms with van der Waals surface area (Å²) in [6, 6.07) is 11.8. The largest absolute Gasteiger partial charge is 0.306 e. The highest BCUT2D eigenvalue weighted by Crippen LogP contribution is 2.22. The molecule has 0 saturated carbocycles. The Bertz CT molecular complexity index is 1210. The number of nitro benzene ring substituents is 1. The Morgan fingerprint density at radius 1 is 1.10 bits per heavy atom. The molecule has 0 spiro atoms. The maximum atomic E-state index is 12.7. The van der Waals surface area contributed by atoms with Crippen molar-refractivity contribution in [1.29, 1.82) is 0 Å². The molecule has 0 aliphatic heterocycles. The minimum Gasteiger partial charge on any atom is -0.306 e. The van der Waals surface area contributed by atoms with E-state index in [-0.39, 0.29) is 16.1 Å². The first-order valence-corrected chi connectivity index (χ1v) is 10.4. The topological polar surface area (TPSA) is 124 Å². The molecule has 10 heteroatoms. The number of non-ortho nitro benzene ring substituents is 1. The number of sulfone groups is 1. The molecule has 0 unspecified atom stereocenters. The van der Waals surface area contributed by atoms with E-state index in [1.807, 2.05) is 0 Å². The molecule has 0 bridgehead atoms. The van der Waals surface area contributed by atoms with Crippen molar-refractivity contribution in [2.75, 3.05) is 11.6 Å². The van der Waals surface area contributed by atoms with Gasteiger partial charge in [0, 0.05) is 30.0 Å². The van der Waals surface area contributed by atoms with Crippen molar-refractivity contribution in [3.8, 4) is 5.69 Å². The Hall–Kier alpha value is -3.53. The number of hydrogen-bond donors (Lipinski definition) is 1. The highest BCUT2D eigenvalue weighted by Gasteiger charge is 2.17. The molecular formula is C19H18N4O5S. The van der Waals surface area contributed by atoms with Gasteiger partial charge in [-0.25, -0.2) is 13.1 Å². The van der Waals surface area contributed by atoms with Crippen molar-refractivity contribution in [3.05, 3.63) is 75.5 Å². The molecule has 0 atom stereocenters. The van der Waals surface area contributed by atoms with Crippen LogP contribution >= 0.6 is 0 Å². The second-order valence-electron chi connectivity index (χ2n) is 6.56. The summed E-state index contributed by atoms with van der Waals surface area (Å²) in [5, 5.41) is 17.9. The summed E-state index contributed by atoms with van der Waals surface area (Å²) in [5.74, 6) is -0.152. The summed E-state index contributed by atoms with van der Waals surface area (Å²) in [6.45, 7) is 3.40. The second kappa shape index (κ2) is 7.47. The van der Waals surface area contributed by atoms with Gasteiger partial charge in [-0.1, -0.05) is 6.07 Å². The lowest BCUT2D eigenvalue weighted by molar-refractivity contribution is -0.384. The fraction of sp³-hybridized carbons (Fsp3) is 0.158. The van der Waals surface area contributed by atoms with Gasteiger partial charge in [0.2, 0.25) is 0 Å². The van der Waals surface area contributed by atoms with Gasteiger partial charge >= 0.3 is 0 Å². The van der Waals surface area contributed by atoms with E-state index in [0.29, 0.717) is 22.8 Å². The number of carbonyl (C=O) groups excluding carboxylic acids is 1. The number of rotatable bonds is 5. The number of nitrogens with zero attached hydrogens (tertiary/aromatic N) is 3. The number of nitrogens with one attached hydrogen (secondary N) is 1. The normalized spacial score (nSPS) is 11.3. The lowest BCUT2D eigenvalue weighted by Crippen LogP contribution is -2.16. The molecule has 1 N–H and O–H groups in total. The van der Waals surface area contributed by atoms with Crippen molar-refractivity contribution in [2.24, 2.45) is 0 Å². The molecule has 3 aromatic rings. The molecule has 0 fully saturated rings. The standard InChI is InChI=1S/C19H18N4O5S/c1-12-4-5-14(11-17(12)29(3,27)28)19(24)20-18-10-13(2)21-22(18)15-6-8-16(9-7-15)23(25)26/h4-11H,1-3H3,(H,20,24). The van der Waals surface area contributed by atoms with Gasteiger partial charge in [0.1, 0.15) is 5.82 Å². The van der Waals surface area contributed by atoms with E-state index in [1.165, 1.54) is 35.0 Å². The van der Waals surface area contributed by atoms with Crippen LogP contribution < -0.4 is 5.32 Å². The number of amides is 1. The van der Waals surface area contributed by atoms with E-state index in [0.717, 1.165) is 6.26 Å². The molecule has 1 amide bonds. The predicted octanol–water partition coefficient (Wildman–Crippen LogP) is 3.05. The lowest BCUT2D eigenvalue weighted by atomic mass is 10.1.